The molecule has 2 aliphatic rings. The first-order valence-corrected chi connectivity index (χ1v) is 6.93. The molecule has 0 aromatic rings. The average Bonchev–Trinajstić information content (AvgIpc) is 2.34. The van der Waals surface area contributed by atoms with Crippen LogP contribution in [0.25, 0.3) is 0 Å². The van der Waals surface area contributed by atoms with Gasteiger partial charge in [-0.3, -0.25) is 0 Å². The lowest BCUT2D eigenvalue weighted by Crippen LogP contribution is -2.55. The van der Waals surface area contributed by atoms with Crippen molar-refractivity contribution in [3.8, 4) is 0 Å². The maximum absolute atomic E-state index is 6.20. The van der Waals surface area contributed by atoms with E-state index in [4.69, 9.17) is 11.5 Å². The lowest BCUT2D eigenvalue weighted by Gasteiger charge is -2.40. The third kappa shape index (κ3) is 3.19. The minimum atomic E-state index is -0.0664. The summed E-state index contributed by atoms with van der Waals surface area (Å²) in [7, 11) is 0. The van der Waals surface area contributed by atoms with E-state index in [0.29, 0.717) is 6.54 Å². The molecule has 0 radical (unpaired) electrons. The maximum atomic E-state index is 6.20. The number of piperidine rings is 1. The molecule has 0 spiro atoms. The molecule has 1 saturated carbocycles. The number of nitrogens with zero attached hydrogens (tertiary/aromatic N) is 1. The predicted octanol–water partition coefficient (Wildman–Crippen LogP) is 1.32. The Balaban J connectivity index is 1.72. The van der Waals surface area contributed by atoms with Crippen molar-refractivity contribution in [2.24, 2.45) is 17.4 Å². The molecule has 0 aromatic heterocycles. The Labute approximate surface area is 99.5 Å². The van der Waals surface area contributed by atoms with Gasteiger partial charge in [0.15, 0.2) is 0 Å². The molecule has 0 atom stereocenters. The van der Waals surface area contributed by atoms with Gasteiger partial charge in [-0.15, -0.1) is 0 Å². The Hall–Kier alpha value is -0.120. The van der Waals surface area contributed by atoms with Gasteiger partial charge < -0.3 is 16.4 Å². The zero-order chi connectivity index (χ0) is 11.4. The normalized spacial score (nSPS) is 28.1. The summed E-state index contributed by atoms with van der Waals surface area (Å²) in [6.45, 7) is 4.26. The number of hydrogen-bond acceptors (Lipinski definition) is 3. The topological polar surface area (TPSA) is 55.3 Å². The summed E-state index contributed by atoms with van der Waals surface area (Å²) in [6.07, 6.45) is 9.40. The van der Waals surface area contributed by atoms with Gasteiger partial charge in [0.05, 0.1) is 0 Å². The smallest absolute Gasteiger partial charge is 0.0303 e. The van der Waals surface area contributed by atoms with E-state index < -0.39 is 0 Å². The van der Waals surface area contributed by atoms with E-state index in [1.165, 1.54) is 38.6 Å². The number of likely N-dealkylation sites (tertiary alicyclic amines) is 1. The fourth-order valence-electron chi connectivity index (χ4n) is 3.12. The molecule has 94 valence electrons. The van der Waals surface area contributed by atoms with Crippen molar-refractivity contribution in [3.05, 3.63) is 0 Å². The van der Waals surface area contributed by atoms with Crippen LogP contribution in [0, 0.1) is 5.92 Å². The van der Waals surface area contributed by atoms with Crippen LogP contribution in [0.3, 0.4) is 0 Å². The minimum Gasteiger partial charge on any atom is -0.329 e. The average molecular weight is 225 g/mol. The van der Waals surface area contributed by atoms with Crippen LogP contribution in [0.5, 0.6) is 0 Å². The van der Waals surface area contributed by atoms with Crippen molar-refractivity contribution in [1.29, 1.82) is 0 Å². The van der Waals surface area contributed by atoms with Crippen LogP contribution in [-0.2, 0) is 0 Å². The highest BCUT2D eigenvalue weighted by atomic mass is 15.1. The molecule has 3 heteroatoms. The maximum Gasteiger partial charge on any atom is 0.0303 e. The summed E-state index contributed by atoms with van der Waals surface area (Å²) in [5.74, 6) is 0.955. The van der Waals surface area contributed by atoms with E-state index in [0.717, 1.165) is 31.8 Å². The lowest BCUT2D eigenvalue weighted by molar-refractivity contribution is 0.133. The Morgan fingerprint density at radius 1 is 1.06 bits per heavy atom. The number of hydrogen-bond donors (Lipinski definition) is 2. The Bertz CT molecular complexity index is 203. The molecule has 2 fully saturated rings. The minimum absolute atomic E-state index is 0.0664. The van der Waals surface area contributed by atoms with Crippen LogP contribution < -0.4 is 11.5 Å². The molecule has 16 heavy (non-hydrogen) atoms. The largest absolute Gasteiger partial charge is 0.329 e. The third-order valence-corrected chi connectivity index (χ3v) is 4.50. The van der Waals surface area contributed by atoms with E-state index in [-0.39, 0.29) is 5.54 Å². The molecule has 2 rings (SSSR count). The van der Waals surface area contributed by atoms with E-state index in [1.54, 1.807) is 0 Å². The second-order valence-electron chi connectivity index (χ2n) is 5.87. The fraction of sp³-hybridized carbons (Fsp3) is 1.00. The second kappa shape index (κ2) is 5.48. The Morgan fingerprint density at radius 3 is 2.25 bits per heavy atom. The van der Waals surface area contributed by atoms with Gasteiger partial charge in [-0.05, 0) is 44.7 Å². The van der Waals surface area contributed by atoms with E-state index in [9.17, 15) is 0 Å². The molecule has 1 aliphatic carbocycles. The molecule has 0 unspecified atom stereocenters. The molecule has 0 aromatic carbocycles. The van der Waals surface area contributed by atoms with Crippen molar-refractivity contribution in [2.75, 3.05) is 26.2 Å². The van der Waals surface area contributed by atoms with Crippen LogP contribution in [0.2, 0.25) is 0 Å². The molecule has 0 amide bonds. The van der Waals surface area contributed by atoms with Gasteiger partial charge in [0, 0.05) is 18.6 Å². The van der Waals surface area contributed by atoms with Gasteiger partial charge in [0.1, 0.15) is 0 Å². The third-order valence-electron chi connectivity index (χ3n) is 4.50. The van der Waals surface area contributed by atoms with Gasteiger partial charge in [-0.1, -0.05) is 19.3 Å². The van der Waals surface area contributed by atoms with E-state index in [2.05, 4.69) is 4.90 Å². The van der Waals surface area contributed by atoms with E-state index >= 15 is 0 Å². The summed E-state index contributed by atoms with van der Waals surface area (Å²) >= 11 is 0. The predicted molar refractivity (Wildman–Crippen MR) is 68.2 cm³/mol. The van der Waals surface area contributed by atoms with Crippen molar-refractivity contribution in [3.63, 3.8) is 0 Å². The summed E-state index contributed by atoms with van der Waals surface area (Å²) < 4.78 is 0. The highest BCUT2D eigenvalue weighted by Crippen LogP contribution is 2.26. The molecule has 3 nitrogen and oxygen atoms in total. The number of nitrogens with two attached hydrogens (primary N) is 2. The van der Waals surface area contributed by atoms with Crippen molar-refractivity contribution >= 4 is 0 Å². The SMILES string of the molecule is NCC1(N)CCN(CC2CCCCC2)CC1. The summed E-state index contributed by atoms with van der Waals surface area (Å²) in [6, 6.07) is 0. The second-order valence-corrected chi connectivity index (χ2v) is 5.87. The molecular formula is C13H27N3. The van der Waals surface area contributed by atoms with Crippen molar-refractivity contribution in [2.45, 2.75) is 50.5 Å². The molecule has 1 heterocycles. The first-order valence-electron chi connectivity index (χ1n) is 6.93. The van der Waals surface area contributed by atoms with Crippen molar-refractivity contribution in [1.82, 2.24) is 4.90 Å². The summed E-state index contributed by atoms with van der Waals surface area (Å²) in [4.78, 5) is 2.61. The summed E-state index contributed by atoms with van der Waals surface area (Å²) in [5.41, 5.74) is 11.9. The van der Waals surface area contributed by atoms with E-state index in [1.807, 2.05) is 0 Å². The van der Waals surface area contributed by atoms with Gasteiger partial charge in [-0.25, -0.2) is 0 Å². The first-order chi connectivity index (χ1) is 7.72. The number of rotatable bonds is 3. The van der Waals surface area contributed by atoms with Gasteiger partial charge >= 0.3 is 0 Å². The molecular weight excluding hydrogens is 198 g/mol. The summed E-state index contributed by atoms with van der Waals surface area (Å²) in [5, 5.41) is 0. The fourth-order valence-corrected chi connectivity index (χ4v) is 3.12. The highest BCUT2D eigenvalue weighted by Gasteiger charge is 2.30. The van der Waals surface area contributed by atoms with Gasteiger partial charge in [0.2, 0.25) is 0 Å². The zero-order valence-electron chi connectivity index (χ0n) is 10.5. The Kier molecular flexibility index (Phi) is 4.22. The van der Waals surface area contributed by atoms with Crippen LogP contribution in [0.1, 0.15) is 44.9 Å². The molecule has 1 saturated heterocycles. The molecule has 1 aliphatic heterocycles. The Morgan fingerprint density at radius 2 is 1.69 bits per heavy atom. The zero-order valence-corrected chi connectivity index (χ0v) is 10.5. The van der Waals surface area contributed by atoms with Crippen LogP contribution in [-0.4, -0.2) is 36.6 Å². The molecule has 0 bridgehead atoms. The monoisotopic (exact) mass is 225 g/mol. The van der Waals surface area contributed by atoms with Crippen LogP contribution in [0.15, 0.2) is 0 Å². The van der Waals surface area contributed by atoms with Crippen molar-refractivity contribution < 1.29 is 0 Å². The quantitative estimate of drug-likeness (QED) is 0.761. The first kappa shape index (κ1) is 12.3. The standard InChI is InChI=1S/C13H27N3/c14-11-13(15)6-8-16(9-7-13)10-12-4-2-1-3-5-12/h12H,1-11,14-15H2. The van der Waals surface area contributed by atoms with Crippen LogP contribution in [0.4, 0.5) is 0 Å². The highest BCUT2D eigenvalue weighted by molar-refractivity contribution is 4.91. The van der Waals surface area contributed by atoms with Gasteiger partial charge in [0.25, 0.3) is 0 Å². The lowest BCUT2D eigenvalue weighted by atomic mass is 9.86. The van der Waals surface area contributed by atoms with Gasteiger partial charge in [-0.2, -0.15) is 0 Å². The molecule has 4 N–H and O–H groups in total. The van der Waals surface area contributed by atoms with Crippen LogP contribution >= 0.6 is 0 Å².